The Hall–Kier alpha value is -2.03. The molecule has 1 aromatic heterocycles. The van der Waals surface area contributed by atoms with Crippen LogP contribution in [0.1, 0.15) is 22.5 Å². The summed E-state index contributed by atoms with van der Waals surface area (Å²) in [6.07, 6.45) is 1.85. The summed E-state index contributed by atoms with van der Waals surface area (Å²) in [5.74, 6) is -0.330. The highest BCUT2D eigenvalue weighted by molar-refractivity contribution is 7.89. The molecule has 8 heteroatoms. The number of rotatable bonds is 7. The maximum Gasteiger partial charge on any atom is 0.242 e. The molecule has 0 aliphatic heterocycles. The van der Waals surface area contributed by atoms with Crippen LogP contribution in [0.3, 0.4) is 0 Å². The zero-order valence-electron chi connectivity index (χ0n) is 15.5. The zero-order valence-corrected chi connectivity index (χ0v) is 16.3. The Kier molecular flexibility index (Phi) is 6.33. The van der Waals surface area contributed by atoms with E-state index in [0.717, 1.165) is 22.5 Å². The van der Waals surface area contributed by atoms with Crippen LogP contribution in [0.4, 0.5) is 4.39 Å². The Morgan fingerprint density at radius 3 is 2.65 bits per heavy atom. The van der Waals surface area contributed by atoms with Gasteiger partial charge in [-0.1, -0.05) is 12.1 Å². The van der Waals surface area contributed by atoms with E-state index in [1.807, 2.05) is 19.9 Å². The van der Waals surface area contributed by atoms with Gasteiger partial charge in [-0.05, 0) is 37.6 Å². The molecule has 0 spiro atoms. The lowest BCUT2D eigenvalue weighted by molar-refractivity contribution is 0.516. The molecule has 1 aromatic carbocycles. The molecular weight excluding hydrogens is 355 g/mol. The van der Waals surface area contributed by atoms with Crippen molar-refractivity contribution >= 4 is 10.0 Å². The van der Waals surface area contributed by atoms with Crippen LogP contribution in [0.25, 0.3) is 0 Å². The van der Waals surface area contributed by atoms with Gasteiger partial charge in [0.25, 0.3) is 0 Å². The van der Waals surface area contributed by atoms with E-state index >= 15 is 0 Å². The summed E-state index contributed by atoms with van der Waals surface area (Å²) in [6, 6.07) is 6.85. The molecule has 2 N–H and O–H groups in total. The number of allylic oxidation sites excluding steroid dienone is 1. The summed E-state index contributed by atoms with van der Waals surface area (Å²) in [5, 5.41) is 4.40. The number of aromatic nitrogens is 2. The first-order valence-corrected chi connectivity index (χ1v) is 9.69. The van der Waals surface area contributed by atoms with E-state index in [2.05, 4.69) is 5.10 Å². The van der Waals surface area contributed by atoms with E-state index in [1.165, 1.54) is 24.5 Å². The number of aryl methyl sites for hydroxylation is 1. The van der Waals surface area contributed by atoms with E-state index in [9.17, 15) is 12.8 Å². The minimum atomic E-state index is -3.49. The molecule has 1 heterocycles. The van der Waals surface area contributed by atoms with Crippen molar-refractivity contribution in [3.8, 4) is 0 Å². The van der Waals surface area contributed by atoms with Crippen LogP contribution in [-0.2, 0) is 23.0 Å². The van der Waals surface area contributed by atoms with Crippen molar-refractivity contribution in [2.45, 2.75) is 31.7 Å². The fraction of sp³-hybridized carbons (Fsp3) is 0.389. The highest BCUT2D eigenvalue weighted by Crippen LogP contribution is 2.21. The monoisotopic (exact) mass is 380 g/mol. The van der Waals surface area contributed by atoms with E-state index in [4.69, 9.17) is 5.73 Å². The molecule has 0 saturated heterocycles. The number of hydrogen-bond acceptors (Lipinski definition) is 4. The van der Waals surface area contributed by atoms with E-state index in [1.54, 1.807) is 22.9 Å². The molecule has 0 bridgehead atoms. The Morgan fingerprint density at radius 1 is 1.35 bits per heavy atom. The molecule has 2 aromatic rings. The van der Waals surface area contributed by atoms with Crippen molar-refractivity contribution < 1.29 is 12.8 Å². The summed E-state index contributed by atoms with van der Waals surface area (Å²) in [7, 11) is -0.478. The molecule has 26 heavy (non-hydrogen) atoms. The van der Waals surface area contributed by atoms with Crippen LogP contribution in [0.15, 0.2) is 41.1 Å². The standard InChI is InChI=1S/C18H25FN4O2S/c1-13-18(14(2)23(21-13)12-16(19)8-9-20)11-15-6-5-7-17(10-15)26(24,25)22(3)4/h5-8,10H,9,11-12,20H2,1-4H3. The van der Waals surface area contributed by atoms with Gasteiger partial charge in [0.2, 0.25) is 10.0 Å². The van der Waals surface area contributed by atoms with Crippen molar-refractivity contribution in [1.29, 1.82) is 0 Å². The quantitative estimate of drug-likeness (QED) is 0.798. The number of benzene rings is 1. The fourth-order valence-corrected chi connectivity index (χ4v) is 3.68. The van der Waals surface area contributed by atoms with Crippen LogP contribution in [0.5, 0.6) is 0 Å². The van der Waals surface area contributed by atoms with Gasteiger partial charge in [0.1, 0.15) is 5.83 Å². The van der Waals surface area contributed by atoms with Gasteiger partial charge in [-0.3, -0.25) is 4.68 Å². The van der Waals surface area contributed by atoms with Gasteiger partial charge in [0, 0.05) is 38.3 Å². The third-order valence-electron chi connectivity index (χ3n) is 4.23. The Labute approximate surface area is 154 Å². The molecule has 0 aliphatic carbocycles. The normalized spacial score (nSPS) is 12.8. The summed E-state index contributed by atoms with van der Waals surface area (Å²) in [6.45, 7) is 3.93. The Balaban J connectivity index is 2.33. The van der Waals surface area contributed by atoms with Crippen molar-refractivity contribution in [3.63, 3.8) is 0 Å². The maximum atomic E-state index is 13.7. The first kappa shape index (κ1) is 20.3. The second-order valence-corrected chi connectivity index (χ2v) is 8.46. The fourth-order valence-electron chi connectivity index (χ4n) is 2.71. The first-order valence-electron chi connectivity index (χ1n) is 8.25. The first-order chi connectivity index (χ1) is 12.2. The van der Waals surface area contributed by atoms with Gasteiger partial charge in [-0.2, -0.15) is 5.10 Å². The number of hydrogen-bond donors (Lipinski definition) is 1. The van der Waals surface area contributed by atoms with Crippen molar-refractivity contribution in [2.75, 3.05) is 20.6 Å². The summed E-state index contributed by atoms with van der Waals surface area (Å²) < 4.78 is 41.2. The van der Waals surface area contributed by atoms with Crippen LogP contribution >= 0.6 is 0 Å². The van der Waals surface area contributed by atoms with E-state index in [0.29, 0.717) is 6.42 Å². The topological polar surface area (TPSA) is 81.2 Å². The molecule has 0 radical (unpaired) electrons. The summed E-state index contributed by atoms with van der Waals surface area (Å²) in [4.78, 5) is 0.250. The van der Waals surface area contributed by atoms with Crippen LogP contribution < -0.4 is 5.73 Å². The number of sulfonamides is 1. The maximum absolute atomic E-state index is 13.7. The number of nitrogens with zero attached hydrogens (tertiary/aromatic N) is 3. The lowest BCUT2D eigenvalue weighted by Crippen LogP contribution is -2.22. The third-order valence-corrected chi connectivity index (χ3v) is 6.04. The average Bonchev–Trinajstić information content (AvgIpc) is 2.82. The molecule has 0 aliphatic rings. The summed E-state index contributed by atoms with van der Waals surface area (Å²) in [5.41, 5.74) is 8.80. The van der Waals surface area contributed by atoms with Gasteiger partial charge in [0.15, 0.2) is 0 Å². The van der Waals surface area contributed by atoms with Crippen molar-refractivity contribution in [1.82, 2.24) is 14.1 Å². The van der Waals surface area contributed by atoms with Gasteiger partial charge in [-0.25, -0.2) is 17.1 Å². The predicted molar refractivity (Wildman–Crippen MR) is 100 cm³/mol. The molecular formula is C18H25FN4O2S. The second-order valence-electron chi connectivity index (χ2n) is 6.31. The van der Waals surface area contributed by atoms with Gasteiger partial charge < -0.3 is 5.73 Å². The lowest BCUT2D eigenvalue weighted by Gasteiger charge is -2.12. The smallest absolute Gasteiger partial charge is 0.242 e. The van der Waals surface area contributed by atoms with E-state index in [-0.39, 0.29) is 23.8 Å². The van der Waals surface area contributed by atoms with Crippen molar-refractivity contribution in [2.24, 2.45) is 5.73 Å². The number of halogens is 1. The number of nitrogens with two attached hydrogens (primary N) is 1. The molecule has 0 atom stereocenters. The molecule has 0 saturated carbocycles. The van der Waals surface area contributed by atoms with Gasteiger partial charge in [-0.15, -0.1) is 0 Å². The Morgan fingerprint density at radius 2 is 2.04 bits per heavy atom. The molecule has 0 amide bonds. The van der Waals surface area contributed by atoms with E-state index < -0.39 is 10.0 Å². The second kappa shape index (κ2) is 8.11. The molecule has 6 nitrogen and oxygen atoms in total. The van der Waals surface area contributed by atoms with Crippen LogP contribution in [0.2, 0.25) is 0 Å². The van der Waals surface area contributed by atoms with Gasteiger partial charge >= 0.3 is 0 Å². The minimum Gasteiger partial charge on any atom is -0.327 e. The molecule has 0 unspecified atom stereocenters. The highest BCUT2D eigenvalue weighted by Gasteiger charge is 2.18. The average molecular weight is 380 g/mol. The van der Waals surface area contributed by atoms with Crippen LogP contribution in [0, 0.1) is 13.8 Å². The predicted octanol–water partition coefficient (Wildman–Crippen LogP) is 2.15. The zero-order chi connectivity index (χ0) is 19.5. The molecule has 142 valence electrons. The highest BCUT2D eigenvalue weighted by atomic mass is 32.2. The third kappa shape index (κ3) is 4.38. The molecule has 0 fully saturated rings. The van der Waals surface area contributed by atoms with Crippen LogP contribution in [-0.4, -0.2) is 43.1 Å². The Bertz CT molecular complexity index is 917. The summed E-state index contributed by atoms with van der Waals surface area (Å²) >= 11 is 0. The largest absolute Gasteiger partial charge is 0.327 e. The molecule has 2 rings (SSSR count). The van der Waals surface area contributed by atoms with Crippen molar-refractivity contribution in [3.05, 3.63) is 58.7 Å². The SMILES string of the molecule is Cc1nn(CC(F)=CCN)c(C)c1Cc1cccc(S(=O)(=O)N(C)C)c1. The lowest BCUT2D eigenvalue weighted by atomic mass is 10.0. The minimum absolute atomic E-state index is 0.0406. The van der Waals surface area contributed by atoms with Gasteiger partial charge in [0.05, 0.1) is 17.1 Å².